The Kier molecular flexibility index (Phi) is 6.21. The van der Waals surface area contributed by atoms with Crippen LogP contribution in [0.4, 0.5) is 5.69 Å². The van der Waals surface area contributed by atoms with Crippen LogP contribution in [-0.2, 0) is 4.79 Å². The molecule has 2 rings (SSSR count). The highest BCUT2D eigenvalue weighted by Gasteiger charge is 2.08. The van der Waals surface area contributed by atoms with E-state index in [1.165, 1.54) is 6.92 Å². The van der Waals surface area contributed by atoms with Crippen LogP contribution in [-0.4, -0.2) is 30.3 Å². The maximum absolute atomic E-state index is 11.0. The van der Waals surface area contributed by atoms with Crippen molar-refractivity contribution in [2.75, 3.05) is 18.5 Å². The maximum Gasteiger partial charge on any atom is 0.221 e. The van der Waals surface area contributed by atoms with Crippen molar-refractivity contribution in [3.8, 4) is 11.5 Å². The Labute approximate surface area is 142 Å². The Morgan fingerprint density at radius 3 is 2.42 bits per heavy atom. The molecule has 1 amide bonds. The summed E-state index contributed by atoms with van der Waals surface area (Å²) < 4.78 is 11.2. The van der Waals surface area contributed by atoms with Crippen molar-refractivity contribution in [2.24, 2.45) is 0 Å². The Bertz CT molecular complexity index is 682. The molecule has 0 aliphatic rings. The van der Waals surface area contributed by atoms with Gasteiger partial charge in [0.05, 0.1) is 0 Å². The molecule has 0 aliphatic carbocycles. The molecule has 0 radical (unpaired) electrons. The lowest BCUT2D eigenvalue weighted by molar-refractivity contribution is -0.114. The third-order valence-electron chi connectivity index (χ3n) is 3.39. The average Bonchev–Trinajstić information content (AvgIpc) is 2.54. The van der Waals surface area contributed by atoms with Crippen molar-refractivity contribution in [1.82, 2.24) is 0 Å². The van der Waals surface area contributed by atoms with Gasteiger partial charge in [-0.2, -0.15) is 0 Å². The van der Waals surface area contributed by atoms with E-state index in [9.17, 15) is 9.90 Å². The summed E-state index contributed by atoms with van der Waals surface area (Å²) in [6.07, 6.45) is -0.736. The predicted octanol–water partition coefficient (Wildman–Crippen LogP) is 3.08. The summed E-state index contributed by atoms with van der Waals surface area (Å²) in [7, 11) is 0. The minimum atomic E-state index is -0.736. The quantitative estimate of drug-likeness (QED) is 0.819. The van der Waals surface area contributed by atoms with Gasteiger partial charge in [0.1, 0.15) is 30.8 Å². The van der Waals surface area contributed by atoms with Crippen LogP contribution in [0.1, 0.15) is 18.1 Å². The van der Waals surface area contributed by atoms with Crippen molar-refractivity contribution in [1.29, 1.82) is 0 Å². The zero-order valence-corrected chi connectivity index (χ0v) is 14.2. The van der Waals surface area contributed by atoms with E-state index < -0.39 is 6.10 Å². The van der Waals surface area contributed by atoms with Gasteiger partial charge in [-0.1, -0.05) is 12.1 Å². The number of aryl methyl sites for hydroxylation is 2. The van der Waals surface area contributed by atoms with Gasteiger partial charge < -0.3 is 19.9 Å². The first-order valence-corrected chi connectivity index (χ1v) is 7.82. The molecule has 5 nitrogen and oxygen atoms in total. The van der Waals surface area contributed by atoms with E-state index in [0.717, 1.165) is 16.9 Å². The van der Waals surface area contributed by atoms with Crippen molar-refractivity contribution in [3.05, 3.63) is 53.6 Å². The van der Waals surface area contributed by atoms with Crippen molar-refractivity contribution in [2.45, 2.75) is 26.9 Å². The van der Waals surface area contributed by atoms with Gasteiger partial charge in [-0.25, -0.2) is 0 Å². The van der Waals surface area contributed by atoms with Crippen LogP contribution < -0.4 is 14.8 Å². The molecule has 128 valence electrons. The normalized spacial score (nSPS) is 11.7. The van der Waals surface area contributed by atoms with Crippen LogP contribution in [0.15, 0.2) is 42.5 Å². The standard InChI is InChI=1S/C19H23NO4/c1-13-4-5-14(2)19(10-13)24-12-17(22)11-23-18-8-6-16(7-9-18)20-15(3)21/h4-10,17,22H,11-12H2,1-3H3,(H,20,21)/t17-/m1/s1. The molecule has 2 aromatic rings. The Morgan fingerprint density at radius 2 is 1.75 bits per heavy atom. The van der Waals surface area contributed by atoms with E-state index in [1.54, 1.807) is 24.3 Å². The monoisotopic (exact) mass is 329 g/mol. The first-order chi connectivity index (χ1) is 11.4. The van der Waals surface area contributed by atoms with Gasteiger partial charge in [0.25, 0.3) is 0 Å². The molecule has 1 atom stereocenters. The van der Waals surface area contributed by atoms with Gasteiger partial charge in [0.15, 0.2) is 0 Å². The molecule has 0 fully saturated rings. The second-order valence-corrected chi connectivity index (χ2v) is 5.75. The number of ether oxygens (including phenoxy) is 2. The number of aliphatic hydroxyl groups excluding tert-OH is 1. The molecule has 2 aromatic carbocycles. The van der Waals surface area contributed by atoms with E-state index in [-0.39, 0.29) is 19.1 Å². The van der Waals surface area contributed by atoms with Crippen LogP contribution in [0.25, 0.3) is 0 Å². The summed E-state index contributed by atoms with van der Waals surface area (Å²) in [6, 6.07) is 12.9. The first kappa shape index (κ1) is 17.8. The minimum absolute atomic E-state index is 0.123. The number of carbonyl (C=O) groups excluding carboxylic acids is 1. The van der Waals surface area contributed by atoms with Gasteiger partial charge in [0.2, 0.25) is 5.91 Å². The van der Waals surface area contributed by atoms with Gasteiger partial charge in [-0.3, -0.25) is 4.79 Å². The lowest BCUT2D eigenvalue weighted by Gasteiger charge is -2.15. The van der Waals surface area contributed by atoms with E-state index in [1.807, 2.05) is 32.0 Å². The second-order valence-electron chi connectivity index (χ2n) is 5.75. The van der Waals surface area contributed by atoms with Gasteiger partial charge in [-0.15, -0.1) is 0 Å². The Balaban J connectivity index is 1.79. The number of benzene rings is 2. The second kappa shape index (κ2) is 8.36. The summed E-state index contributed by atoms with van der Waals surface area (Å²) in [4.78, 5) is 11.0. The van der Waals surface area contributed by atoms with Crippen molar-refractivity contribution < 1.29 is 19.4 Å². The fourth-order valence-corrected chi connectivity index (χ4v) is 2.13. The molecule has 5 heteroatoms. The molecule has 0 aliphatic heterocycles. The zero-order chi connectivity index (χ0) is 17.5. The van der Waals surface area contributed by atoms with E-state index in [4.69, 9.17) is 9.47 Å². The van der Waals surface area contributed by atoms with E-state index in [0.29, 0.717) is 11.4 Å². The van der Waals surface area contributed by atoms with E-state index >= 15 is 0 Å². The fourth-order valence-electron chi connectivity index (χ4n) is 2.13. The van der Waals surface area contributed by atoms with Gasteiger partial charge >= 0.3 is 0 Å². The van der Waals surface area contributed by atoms with Crippen LogP contribution >= 0.6 is 0 Å². The summed E-state index contributed by atoms with van der Waals surface area (Å²) in [5.41, 5.74) is 2.84. The van der Waals surface area contributed by atoms with Crippen LogP contribution in [0.3, 0.4) is 0 Å². The molecule has 0 saturated carbocycles. The SMILES string of the molecule is CC(=O)Nc1ccc(OC[C@@H](O)COc2cc(C)ccc2C)cc1. The molecular weight excluding hydrogens is 306 g/mol. The fraction of sp³-hybridized carbons (Fsp3) is 0.316. The zero-order valence-electron chi connectivity index (χ0n) is 14.2. The first-order valence-electron chi connectivity index (χ1n) is 7.82. The largest absolute Gasteiger partial charge is 0.491 e. The van der Waals surface area contributed by atoms with Gasteiger partial charge in [0, 0.05) is 12.6 Å². The molecule has 0 saturated heterocycles. The summed E-state index contributed by atoms with van der Waals surface area (Å²) in [5.74, 6) is 1.27. The molecule has 0 spiro atoms. The molecule has 0 bridgehead atoms. The number of aliphatic hydroxyl groups is 1. The molecule has 2 N–H and O–H groups in total. The summed E-state index contributed by atoms with van der Waals surface area (Å²) in [6.45, 7) is 5.71. The topological polar surface area (TPSA) is 67.8 Å². The number of anilines is 1. The lowest BCUT2D eigenvalue weighted by Crippen LogP contribution is -2.25. The summed E-state index contributed by atoms with van der Waals surface area (Å²) in [5, 5.41) is 12.7. The van der Waals surface area contributed by atoms with Crippen molar-refractivity contribution >= 4 is 11.6 Å². The Morgan fingerprint density at radius 1 is 1.08 bits per heavy atom. The third-order valence-corrected chi connectivity index (χ3v) is 3.39. The Hall–Kier alpha value is -2.53. The van der Waals surface area contributed by atoms with Crippen LogP contribution in [0.5, 0.6) is 11.5 Å². The molecular formula is C19H23NO4. The highest BCUT2D eigenvalue weighted by atomic mass is 16.5. The number of rotatable bonds is 7. The number of carbonyl (C=O) groups is 1. The number of nitrogens with one attached hydrogen (secondary N) is 1. The number of hydrogen-bond acceptors (Lipinski definition) is 4. The molecule has 0 unspecified atom stereocenters. The predicted molar refractivity (Wildman–Crippen MR) is 93.7 cm³/mol. The number of amides is 1. The van der Waals surface area contributed by atoms with Crippen LogP contribution in [0.2, 0.25) is 0 Å². The highest BCUT2D eigenvalue weighted by molar-refractivity contribution is 5.88. The smallest absolute Gasteiger partial charge is 0.221 e. The maximum atomic E-state index is 11.0. The lowest BCUT2D eigenvalue weighted by atomic mass is 10.1. The highest BCUT2D eigenvalue weighted by Crippen LogP contribution is 2.19. The van der Waals surface area contributed by atoms with Gasteiger partial charge in [-0.05, 0) is 55.3 Å². The number of hydrogen-bond donors (Lipinski definition) is 2. The van der Waals surface area contributed by atoms with Crippen molar-refractivity contribution in [3.63, 3.8) is 0 Å². The van der Waals surface area contributed by atoms with E-state index in [2.05, 4.69) is 5.32 Å². The van der Waals surface area contributed by atoms with Crippen LogP contribution in [0, 0.1) is 13.8 Å². The molecule has 24 heavy (non-hydrogen) atoms. The average molecular weight is 329 g/mol. The minimum Gasteiger partial charge on any atom is -0.491 e. The third kappa shape index (κ3) is 5.59. The summed E-state index contributed by atoms with van der Waals surface area (Å²) >= 11 is 0. The molecule has 0 heterocycles. The molecule has 0 aromatic heterocycles.